The van der Waals surface area contributed by atoms with Crippen LogP contribution in [0.3, 0.4) is 0 Å². The van der Waals surface area contributed by atoms with Gasteiger partial charge in [-0.05, 0) is 31.2 Å². The first-order chi connectivity index (χ1) is 8.81. The van der Waals surface area contributed by atoms with Gasteiger partial charge in [0.1, 0.15) is 5.82 Å². The van der Waals surface area contributed by atoms with Gasteiger partial charge in [0, 0.05) is 32.4 Å². The fourth-order valence-electron chi connectivity index (χ4n) is 3.02. The molecule has 3 rings (SSSR count). The second-order valence-corrected chi connectivity index (χ2v) is 5.48. The maximum Gasteiger partial charge on any atom is 0.145 e. The molecule has 0 amide bonds. The minimum atomic E-state index is 0.526. The average Bonchev–Trinajstić information content (AvgIpc) is 3.02. The van der Waals surface area contributed by atoms with Crippen LogP contribution in [0, 0.1) is 5.92 Å². The molecule has 0 spiro atoms. The van der Waals surface area contributed by atoms with Crippen LogP contribution in [0.2, 0.25) is 0 Å². The molecular formula is C13H22N4O. The lowest BCUT2D eigenvalue weighted by atomic mass is 10.0. The first-order valence-corrected chi connectivity index (χ1v) is 6.92. The van der Waals surface area contributed by atoms with Gasteiger partial charge < -0.3 is 15.4 Å². The van der Waals surface area contributed by atoms with Crippen LogP contribution in [0.5, 0.6) is 0 Å². The molecule has 5 heteroatoms. The molecule has 1 atom stereocenters. The van der Waals surface area contributed by atoms with Crippen molar-refractivity contribution in [2.24, 2.45) is 5.92 Å². The van der Waals surface area contributed by atoms with Gasteiger partial charge in [0.25, 0.3) is 0 Å². The third-order valence-electron chi connectivity index (χ3n) is 4.10. The summed E-state index contributed by atoms with van der Waals surface area (Å²) in [6.45, 7) is 5.44. The molecule has 1 unspecified atom stereocenters. The lowest BCUT2D eigenvalue weighted by Crippen LogP contribution is -2.38. The largest absolute Gasteiger partial charge is 0.382 e. The quantitative estimate of drug-likeness (QED) is 0.874. The summed E-state index contributed by atoms with van der Waals surface area (Å²) in [6, 6.07) is 2.40. The van der Waals surface area contributed by atoms with E-state index < -0.39 is 0 Å². The number of likely N-dealkylation sites (tertiary alicyclic amines) is 1. The van der Waals surface area contributed by atoms with E-state index in [0.29, 0.717) is 11.9 Å². The fraction of sp³-hybridized carbons (Fsp3) is 0.769. The first-order valence-electron chi connectivity index (χ1n) is 6.92. The number of hydrogen-bond acceptors (Lipinski definition) is 4. The molecule has 18 heavy (non-hydrogen) atoms. The summed E-state index contributed by atoms with van der Waals surface area (Å²) >= 11 is 0. The summed E-state index contributed by atoms with van der Waals surface area (Å²) < 4.78 is 7.47. The van der Waals surface area contributed by atoms with E-state index in [2.05, 4.69) is 10.00 Å². The lowest BCUT2D eigenvalue weighted by Gasteiger charge is -2.33. The predicted octanol–water partition coefficient (Wildman–Crippen LogP) is 1.14. The van der Waals surface area contributed by atoms with E-state index in [0.717, 1.165) is 19.1 Å². The Morgan fingerprint density at radius 2 is 2.17 bits per heavy atom. The molecule has 0 aliphatic carbocycles. The molecule has 5 nitrogen and oxygen atoms in total. The molecule has 0 saturated carbocycles. The topological polar surface area (TPSA) is 56.3 Å². The molecule has 2 fully saturated rings. The van der Waals surface area contributed by atoms with E-state index >= 15 is 0 Å². The van der Waals surface area contributed by atoms with Gasteiger partial charge in [-0.2, -0.15) is 5.10 Å². The molecule has 0 bridgehead atoms. The molecule has 1 aromatic rings. The van der Waals surface area contributed by atoms with Crippen molar-refractivity contribution in [1.29, 1.82) is 0 Å². The summed E-state index contributed by atoms with van der Waals surface area (Å²) in [5, 5.41) is 4.32. The Balaban J connectivity index is 1.48. The highest BCUT2D eigenvalue weighted by Crippen LogP contribution is 2.24. The number of anilines is 1. The Kier molecular flexibility index (Phi) is 3.52. The molecule has 0 aromatic carbocycles. The zero-order chi connectivity index (χ0) is 12.4. The van der Waals surface area contributed by atoms with E-state index in [1.165, 1.54) is 38.9 Å². The minimum Gasteiger partial charge on any atom is -0.382 e. The van der Waals surface area contributed by atoms with E-state index in [-0.39, 0.29) is 0 Å². The van der Waals surface area contributed by atoms with Gasteiger partial charge in [0.15, 0.2) is 0 Å². The summed E-state index contributed by atoms with van der Waals surface area (Å²) in [5.41, 5.74) is 5.67. The van der Waals surface area contributed by atoms with Crippen molar-refractivity contribution in [3.05, 3.63) is 12.3 Å². The Morgan fingerprint density at radius 3 is 2.78 bits per heavy atom. The lowest BCUT2D eigenvalue weighted by molar-refractivity contribution is 0.139. The number of piperidine rings is 1. The van der Waals surface area contributed by atoms with Crippen LogP contribution in [-0.4, -0.2) is 47.5 Å². The van der Waals surface area contributed by atoms with Crippen LogP contribution < -0.4 is 5.73 Å². The minimum absolute atomic E-state index is 0.526. The van der Waals surface area contributed by atoms with Crippen molar-refractivity contribution in [3.8, 4) is 0 Å². The Labute approximate surface area is 108 Å². The number of hydrogen-bond donors (Lipinski definition) is 1. The maximum absolute atomic E-state index is 5.67. The molecule has 2 aliphatic rings. The van der Waals surface area contributed by atoms with Gasteiger partial charge in [-0.15, -0.1) is 0 Å². The summed E-state index contributed by atoms with van der Waals surface area (Å²) in [4.78, 5) is 2.57. The number of aromatic nitrogens is 2. The second-order valence-electron chi connectivity index (χ2n) is 5.48. The number of rotatable bonds is 3. The van der Waals surface area contributed by atoms with Crippen molar-refractivity contribution < 1.29 is 4.74 Å². The maximum atomic E-state index is 5.67. The smallest absolute Gasteiger partial charge is 0.145 e. The van der Waals surface area contributed by atoms with Gasteiger partial charge >= 0.3 is 0 Å². The van der Waals surface area contributed by atoms with Gasteiger partial charge in [0.05, 0.1) is 12.6 Å². The number of nitrogen functional groups attached to an aromatic ring is 1. The Hall–Kier alpha value is -1.07. The summed E-state index contributed by atoms with van der Waals surface area (Å²) in [7, 11) is 0. The third-order valence-corrected chi connectivity index (χ3v) is 4.10. The van der Waals surface area contributed by atoms with Crippen molar-refractivity contribution in [1.82, 2.24) is 14.7 Å². The molecule has 1 aromatic heterocycles. The van der Waals surface area contributed by atoms with Crippen LogP contribution >= 0.6 is 0 Å². The van der Waals surface area contributed by atoms with Crippen LogP contribution in [-0.2, 0) is 4.74 Å². The molecular weight excluding hydrogens is 228 g/mol. The molecule has 0 radical (unpaired) electrons. The summed E-state index contributed by atoms with van der Waals surface area (Å²) in [5.74, 6) is 1.38. The van der Waals surface area contributed by atoms with E-state index in [1.807, 2.05) is 16.9 Å². The highest BCUT2D eigenvalue weighted by Gasteiger charge is 2.24. The fourth-order valence-corrected chi connectivity index (χ4v) is 3.02. The molecule has 2 saturated heterocycles. The number of nitrogens with two attached hydrogens (primary N) is 1. The molecule has 2 N–H and O–H groups in total. The van der Waals surface area contributed by atoms with Gasteiger partial charge in [-0.25, -0.2) is 0 Å². The summed E-state index contributed by atoms with van der Waals surface area (Å²) in [6.07, 6.45) is 5.58. The van der Waals surface area contributed by atoms with Crippen molar-refractivity contribution in [2.75, 3.05) is 38.6 Å². The SMILES string of the molecule is Nc1ccn(C2CCN(CC3CCOC3)CC2)n1. The molecule has 3 heterocycles. The highest BCUT2D eigenvalue weighted by atomic mass is 16.5. The molecule has 2 aliphatic heterocycles. The van der Waals surface area contributed by atoms with E-state index in [4.69, 9.17) is 10.5 Å². The van der Waals surface area contributed by atoms with E-state index in [1.54, 1.807) is 0 Å². The third kappa shape index (κ3) is 2.67. The standard InChI is InChI=1S/C13H22N4O/c14-13-3-7-17(15-13)12-1-5-16(6-2-12)9-11-4-8-18-10-11/h3,7,11-12H,1-2,4-6,8-10H2,(H2,14,15). The van der Waals surface area contributed by atoms with Crippen LogP contribution in [0.4, 0.5) is 5.82 Å². The van der Waals surface area contributed by atoms with Crippen molar-refractivity contribution >= 4 is 5.82 Å². The van der Waals surface area contributed by atoms with Crippen molar-refractivity contribution in [2.45, 2.75) is 25.3 Å². The molecule has 100 valence electrons. The van der Waals surface area contributed by atoms with E-state index in [9.17, 15) is 0 Å². The number of ether oxygens (including phenoxy) is 1. The highest BCUT2D eigenvalue weighted by molar-refractivity contribution is 5.24. The van der Waals surface area contributed by atoms with Crippen molar-refractivity contribution in [3.63, 3.8) is 0 Å². The predicted molar refractivity (Wildman–Crippen MR) is 70.3 cm³/mol. The normalized spacial score (nSPS) is 26.8. The van der Waals surface area contributed by atoms with Gasteiger partial charge in [-0.3, -0.25) is 4.68 Å². The van der Waals surface area contributed by atoms with Gasteiger partial charge in [0.2, 0.25) is 0 Å². The second kappa shape index (κ2) is 5.28. The Bertz CT molecular complexity index is 378. The van der Waals surface area contributed by atoms with Crippen LogP contribution in [0.15, 0.2) is 12.3 Å². The zero-order valence-electron chi connectivity index (χ0n) is 10.8. The van der Waals surface area contributed by atoms with Crippen LogP contribution in [0.1, 0.15) is 25.3 Å². The van der Waals surface area contributed by atoms with Crippen LogP contribution in [0.25, 0.3) is 0 Å². The first kappa shape index (κ1) is 12.0. The monoisotopic (exact) mass is 250 g/mol. The van der Waals surface area contributed by atoms with Gasteiger partial charge in [-0.1, -0.05) is 0 Å². The average molecular weight is 250 g/mol. The zero-order valence-corrected chi connectivity index (χ0v) is 10.8. The number of nitrogens with zero attached hydrogens (tertiary/aromatic N) is 3. The Morgan fingerprint density at radius 1 is 1.33 bits per heavy atom.